The second kappa shape index (κ2) is 12.8. The summed E-state index contributed by atoms with van der Waals surface area (Å²) >= 11 is 1.79. The van der Waals surface area contributed by atoms with Crippen molar-refractivity contribution in [2.45, 2.75) is 39.2 Å². The van der Waals surface area contributed by atoms with E-state index in [1.165, 1.54) is 5.00 Å². The molecule has 0 unspecified atom stereocenters. The van der Waals surface area contributed by atoms with Crippen molar-refractivity contribution in [1.29, 1.82) is 0 Å². The Labute approximate surface area is 184 Å². The van der Waals surface area contributed by atoms with Crippen LogP contribution in [0.1, 0.15) is 33.1 Å². The molecule has 0 amide bonds. The van der Waals surface area contributed by atoms with Crippen molar-refractivity contribution in [3.63, 3.8) is 0 Å². The number of guanidine groups is 1. The molecular weight excluding hydrogens is 497 g/mol. The second-order valence-electron chi connectivity index (χ2n) is 6.27. The van der Waals surface area contributed by atoms with Gasteiger partial charge in [-0.15, -0.1) is 35.3 Å². The third kappa shape index (κ3) is 8.97. The molecule has 0 radical (unpaired) electrons. The number of rotatable bonds is 9. The summed E-state index contributed by atoms with van der Waals surface area (Å²) in [5, 5.41) is 10.3. The number of hydrogen-bond donors (Lipinski definition) is 3. The molecule has 0 atom stereocenters. The van der Waals surface area contributed by atoms with Gasteiger partial charge in [0.1, 0.15) is 0 Å². The smallest absolute Gasteiger partial charge is 0.211 e. The van der Waals surface area contributed by atoms with Crippen molar-refractivity contribution in [3.05, 3.63) is 17.5 Å². The summed E-state index contributed by atoms with van der Waals surface area (Å²) in [6.07, 6.45) is 2.85. The molecule has 1 aromatic rings. The Morgan fingerprint density at radius 1 is 1.33 bits per heavy atom. The van der Waals surface area contributed by atoms with Gasteiger partial charge in [0.25, 0.3) is 0 Å². The molecule has 2 rings (SSSR count). The van der Waals surface area contributed by atoms with Crippen LogP contribution in [0, 0.1) is 0 Å². The van der Waals surface area contributed by atoms with Crippen molar-refractivity contribution >= 4 is 56.3 Å². The van der Waals surface area contributed by atoms with Crippen molar-refractivity contribution in [2.75, 3.05) is 43.4 Å². The van der Waals surface area contributed by atoms with Gasteiger partial charge in [-0.1, -0.05) is 0 Å². The van der Waals surface area contributed by atoms with Crippen LogP contribution in [0.4, 0.5) is 5.00 Å². The molecule has 2 heterocycles. The molecule has 1 aromatic heterocycles. The van der Waals surface area contributed by atoms with Crippen LogP contribution in [0.25, 0.3) is 0 Å². The Bertz CT molecular complexity index is 644. The Morgan fingerprint density at radius 3 is 2.67 bits per heavy atom. The number of piperidine rings is 1. The number of aliphatic imine (C=N–C) groups is 1. The van der Waals surface area contributed by atoms with Gasteiger partial charge >= 0.3 is 0 Å². The highest BCUT2D eigenvalue weighted by Gasteiger charge is 2.20. The van der Waals surface area contributed by atoms with E-state index >= 15 is 0 Å². The molecule has 1 fully saturated rings. The molecule has 7 nitrogen and oxygen atoms in total. The molecule has 1 saturated heterocycles. The zero-order valence-corrected chi connectivity index (χ0v) is 20.1. The minimum Gasteiger partial charge on any atom is -0.363 e. The van der Waals surface area contributed by atoms with Crippen molar-refractivity contribution in [2.24, 2.45) is 4.99 Å². The van der Waals surface area contributed by atoms with Gasteiger partial charge in [-0.2, -0.15) is 0 Å². The van der Waals surface area contributed by atoms with Crippen LogP contribution in [0.3, 0.4) is 0 Å². The molecule has 0 aromatic carbocycles. The maximum atomic E-state index is 11.4. The lowest BCUT2D eigenvalue weighted by Crippen LogP contribution is -2.48. The first-order chi connectivity index (χ1) is 12.5. The number of thiophene rings is 1. The highest BCUT2D eigenvalue weighted by molar-refractivity contribution is 14.0. The first-order valence-corrected chi connectivity index (χ1v) is 11.9. The molecule has 1 aliphatic rings. The van der Waals surface area contributed by atoms with E-state index in [1.54, 1.807) is 18.3 Å². The van der Waals surface area contributed by atoms with Crippen molar-refractivity contribution in [3.8, 4) is 0 Å². The molecule has 0 bridgehead atoms. The zero-order chi connectivity index (χ0) is 18.8. The van der Waals surface area contributed by atoms with E-state index in [1.807, 2.05) is 6.92 Å². The number of nitrogens with zero attached hydrogens (tertiary/aromatic N) is 2. The third-order valence-corrected chi connectivity index (χ3v) is 6.64. The largest absolute Gasteiger partial charge is 0.363 e. The predicted octanol–water partition coefficient (Wildman–Crippen LogP) is 2.22. The van der Waals surface area contributed by atoms with Gasteiger partial charge in [0.2, 0.25) is 10.0 Å². The summed E-state index contributed by atoms with van der Waals surface area (Å²) in [4.78, 5) is 7.01. The van der Waals surface area contributed by atoms with Crippen molar-refractivity contribution < 1.29 is 8.42 Å². The number of nitrogens with one attached hydrogen (secondary N) is 3. The fourth-order valence-electron chi connectivity index (χ4n) is 2.81. The van der Waals surface area contributed by atoms with E-state index in [0.717, 1.165) is 38.4 Å². The van der Waals surface area contributed by atoms with E-state index in [9.17, 15) is 8.42 Å². The molecular formula is C17H32IN5O2S2. The first kappa shape index (κ1) is 24.4. The van der Waals surface area contributed by atoms with Gasteiger partial charge in [-0.05, 0) is 50.6 Å². The van der Waals surface area contributed by atoms with E-state index in [4.69, 9.17) is 0 Å². The molecule has 1 aliphatic heterocycles. The summed E-state index contributed by atoms with van der Waals surface area (Å²) in [6, 6.07) is 4.69. The quantitative estimate of drug-likeness (QED) is 0.198. The normalized spacial score (nSPS) is 16.1. The summed E-state index contributed by atoms with van der Waals surface area (Å²) in [5.41, 5.74) is 0. The third-order valence-electron chi connectivity index (χ3n) is 4.30. The maximum absolute atomic E-state index is 11.4. The highest BCUT2D eigenvalue weighted by Crippen LogP contribution is 2.24. The van der Waals surface area contributed by atoms with Gasteiger partial charge in [-0.25, -0.2) is 13.1 Å². The van der Waals surface area contributed by atoms with Crippen LogP contribution in [0.2, 0.25) is 0 Å². The minimum atomic E-state index is -3.11. The average molecular weight is 530 g/mol. The Balaban J connectivity index is 0.00000364. The molecule has 156 valence electrons. The molecule has 27 heavy (non-hydrogen) atoms. The molecule has 0 spiro atoms. The van der Waals surface area contributed by atoms with E-state index in [-0.39, 0.29) is 29.7 Å². The standard InChI is InChI=1S/C17H31N5O2S2.HI/c1-3-18-17(19-10-6-11-20-26(23,24)4-2)21-15-8-12-22(13-9-15)16-7-5-14-25-16;/h5,7,14-15,20H,3-4,6,8-13H2,1-2H3,(H2,18,19,21);1H. The maximum Gasteiger partial charge on any atom is 0.211 e. The summed E-state index contributed by atoms with van der Waals surface area (Å²) in [6.45, 7) is 7.62. The second-order valence-corrected chi connectivity index (χ2v) is 9.29. The first-order valence-electron chi connectivity index (χ1n) is 9.34. The number of anilines is 1. The Hall–Kier alpha value is -0.590. The van der Waals surface area contributed by atoms with E-state index in [0.29, 0.717) is 25.6 Å². The average Bonchev–Trinajstić information content (AvgIpc) is 3.17. The fraction of sp³-hybridized carbons (Fsp3) is 0.706. The molecule has 0 aliphatic carbocycles. The Kier molecular flexibility index (Phi) is 11.6. The SMILES string of the molecule is CCNC(=NCCCNS(=O)(=O)CC)NC1CCN(c2cccs2)CC1.I. The van der Waals surface area contributed by atoms with Gasteiger partial charge in [0.15, 0.2) is 5.96 Å². The van der Waals surface area contributed by atoms with Crippen molar-refractivity contribution in [1.82, 2.24) is 15.4 Å². The molecule has 0 saturated carbocycles. The molecule has 3 N–H and O–H groups in total. The van der Waals surface area contributed by atoms with Crippen LogP contribution in [0.5, 0.6) is 0 Å². The monoisotopic (exact) mass is 529 g/mol. The lowest BCUT2D eigenvalue weighted by atomic mass is 10.1. The number of sulfonamides is 1. The van der Waals surface area contributed by atoms with Crippen LogP contribution >= 0.6 is 35.3 Å². The van der Waals surface area contributed by atoms with Gasteiger partial charge < -0.3 is 15.5 Å². The summed E-state index contributed by atoms with van der Waals surface area (Å²) in [7, 11) is -3.11. The summed E-state index contributed by atoms with van der Waals surface area (Å²) in [5.74, 6) is 0.936. The van der Waals surface area contributed by atoms with Crippen LogP contribution in [0.15, 0.2) is 22.5 Å². The van der Waals surface area contributed by atoms with Crippen LogP contribution < -0.4 is 20.3 Å². The summed E-state index contributed by atoms with van der Waals surface area (Å²) < 4.78 is 25.4. The number of halogens is 1. The zero-order valence-electron chi connectivity index (χ0n) is 16.1. The topological polar surface area (TPSA) is 85.8 Å². The van der Waals surface area contributed by atoms with E-state index in [2.05, 4.69) is 42.8 Å². The van der Waals surface area contributed by atoms with E-state index < -0.39 is 10.0 Å². The highest BCUT2D eigenvalue weighted by atomic mass is 127. The number of hydrogen-bond acceptors (Lipinski definition) is 5. The molecule has 10 heteroatoms. The lowest BCUT2D eigenvalue weighted by Gasteiger charge is -2.33. The van der Waals surface area contributed by atoms with Crippen LogP contribution in [-0.2, 0) is 10.0 Å². The fourth-order valence-corrected chi connectivity index (χ4v) is 4.25. The van der Waals surface area contributed by atoms with Gasteiger partial charge in [-0.3, -0.25) is 4.99 Å². The van der Waals surface area contributed by atoms with Crippen LogP contribution in [-0.4, -0.2) is 58.9 Å². The lowest BCUT2D eigenvalue weighted by molar-refractivity contribution is 0.463. The van der Waals surface area contributed by atoms with Gasteiger partial charge in [0.05, 0.1) is 10.8 Å². The predicted molar refractivity (Wildman–Crippen MR) is 126 cm³/mol. The Morgan fingerprint density at radius 2 is 2.07 bits per heavy atom. The minimum absolute atomic E-state index is 0. The van der Waals surface area contributed by atoms with Gasteiger partial charge in [0, 0.05) is 38.8 Å².